The summed E-state index contributed by atoms with van der Waals surface area (Å²) in [7, 11) is 0. The van der Waals surface area contributed by atoms with Crippen LogP contribution in [0.3, 0.4) is 0 Å². The normalized spacial score (nSPS) is 19.7. The van der Waals surface area contributed by atoms with Crippen LogP contribution < -0.4 is 10.2 Å². The average molecular weight is 288 g/mol. The van der Waals surface area contributed by atoms with Gasteiger partial charge in [-0.3, -0.25) is 9.59 Å². The van der Waals surface area contributed by atoms with Gasteiger partial charge in [-0.15, -0.1) is 0 Å². The van der Waals surface area contributed by atoms with Gasteiger partial charge >= 0.3 is 0 Å². The minimum atomic E-state index is -0.244. The highest BCUT2D eigenvalue weighted by Gasteiger charge is 2.35. The van der Waals surface area contributed by atoms with E-state index < -0.39 is 0 Å². The van der Waals surface area contributed by atoms with Crippen molar-refractivity contribution in [3.63, 3.8) is 0 Å². The quantitative estimate of drug-likeness (QED) is 0.925. The second kappa shape index (κ2) is 6.29. The molecule has 2 rings (SSSR count). The van der Waals surface area contributed by atoms with Gasteiger partial charge < -0.3 is 10.2 Å². The number of rotatable bonds is 4. The predicted octanol–water partition coefficient (Wildman–Crippen LogP) is 2.57. The lowest BCUT2D eigenvalue weighted by Gasteiger charge is -2.20. The molecule has 1 fully saturated rings. The van der Waals surface area contributed by atoms with E-state index in [9.17, 15) is 9.59 Å². The number of benzene rings is 1. The third kappa shape index (κ3) is 3.26. The smallest absolute Gasteiger partial charge is 0.227 e. The molecule has 0 spiro atoms. The van der Waals surface area contributed by atoms with Gasteiger partial charge in [0.1, 0.15) is 0 Å². The number of hydrogen-bond donors (Lipinski definition) is 1. The molecule has 4 nitrogen and oxygen atoms in total. The number of hydrogen-bond acceptors (Lipinski definition) is 2. The van der Waals surface area contributed by atoms with E-state index in [4.69, 9.17) is 0 Å². The van der Waals surface area contributed by atoms with Gasteiger partial charge in [0.2, 0.25) is 11.8 Å². The van der Waals surface area contributed by atoms with E-state index in [1.807, 2.05) is 45.9 Å². The monoisotopic (exact) mass is 288 g/mol. The van der Waals surface area contributed by atoms with Gasteiger partial charge in [0.25, 0.3) is 0 Å². The fourth-order valence-corrected chi connectivity index (χ4v) is 2.61. The zero-order valence-electron chi connectivity index (χ0n) is 13.3. The Bertz CT molecular complexity index is 554. The van der Waals surface area contributed by atoms with Crippen LogP contribution in [0.5, 0.6) is 0 Å². The molecule has 1 aromatic carbocycles. The zero-order valence-corrected chi connectivity index (χ0v) is 13.3. The van der Waals surface area contributed by atoms with Crippen LogP contribution in [0.25, 0.3) is 0 Å². The lowest BCUT2D eigenvalue weighted by molar-refractivity contribution is -0.126. The molecule has 1 N–H and O–H groups in total. The van der Waals surface area contributed by atoms with Crippen molar-refractivity contribution in [1.82, 2.24) is 5.32 Å². The summed E-state index contributed by atoms with van der Waals surface area (Å²) < 4.78 is 0. The fourth-order valence-electron chi connectivity index (χ4n) is 2.61. The van der Waals surface area contributed by atoms with Gasteiger partial charge in [-0.1, -0.05) is 19.1 Å². The first-order valence-corrected chi connectivity index (χ1v) is 7.61. The molecule has 21 heavy (non-hydrogen) atoms. The maximum absolute atomic E-state index is 12.3. The maximum atomic E-state index is 12.3. The molecule has 1 aliphatic rings. The molecular formula is C17H24N2O2. The van der Waals surface area contributed by atoms with Gasteiger partial charge in [0.05, 0.1) is 5.92 Å². The van der Waals surface area contributed by atoms with E-state index in [1.165, 1.54) is 0 Å². The van der Waals surface area contributed by atoms with Gasteiger partial charge in [-0.2, -0.15) is 0 Å². The minimum absolute atomic E-state index is 0.00879. The molecule has 2 unspecified atom stereocenters. The molecule has 1 aliphatic heterocycles. The summed E-state index contributed by atoms with van der Waals surface area (Å²) in [6.07, 6.45) is 1.20. The number of amides is 2. The highest BCUT2D eigenvalue weighted by molar-refractivity contribution is 6.00. The van der Waals surface area contributed by atoms with Gasteiger partial charge in [0.15, 0.2) is 0 Å². The summed E-state index contributed by atoms with van der Waals surface area (Å²) in [5.74, 6) is -0.218. The fraction of sp³-hybridized carbons (Fsp3) is 0.529. The van der Waals surface area contributed by atoms with Crippen LogP contribution in [0.2, 0.25) is 0 Å². The molecule has 0 bridgehead atoms. The van der Waals surface area contributed by atoms with Crippen LogP contribution in [0.1, 0.15) is 37.8 Å². The standard InChI is InChI=1S/C17H24N2O2/c1-5-12(3)18-17(21)14-9-16(20)19(10-14)15-8-6-7-11(2)13(15)4/h6-8,12,14H,5,9-10H2,1-4H3,(H,18,21). The van der Waals surface area contributed by atoms with Crippen molar-refractivity contribution < 1.29 is 9.59 Å². The first kappa shape index (κ1) is 15.5. The molecule has 4 heteroatoms. The number of aryl methyl sites for hydroxylation is 1. The Morgan fingerprint density at radius 1 is 1.43 bits per heavy atom. The Balaban J connectivity index is 2.13. The average Bonchev–Trinajstić information content (AvgIpc) is 2.83. The van der Waals surface area contributed by atoms with Gasteiger partial charge in [-0.25, -0.2) is 0 Å². The summed E-state index contributed by atoms with van der Waals surface area (Å²) in [5, 5.41) is 2.97. The molecule has 0 saturated carbocycles. The summed E-state index contributed by atoms with van der Waals surface area (Å²) in [4.78, 5) is 26.2. The van der Waals surface area contributed by atoms with E-state index in [1.54, 1.807) is 4.90 Å². The highest BCUT2D eigenvalue weighted by atomic mass is 16.2. The molecule has 114 valence electrons. The number of nitrogens with zero attached hydrogens (tertiary/aromatic N) is 1. The molecule has 2 amide bonds. The minimum Gasteiger partial charge on any atom is -0.353 e. The summed E-state index contributed by atoms with van der Waals surface area (Å²) >= 11 is 0. The lowest BCUT2D eigenvalue weighted by Crippen LogP contribution is -2.38. The molecule has 0 radical (unpaired) electrons. The van der Waals surface area contributed by atoms with Crippen LogP contribution in [-0.2, 0) is 9.59 Å². The molecular weight excluding hydrogens is 264 g/mol. The highest BCUT2D eigenvalue weighted by Crippen LogP contribution is 2.29. The molecule has 0 aromatic heterocycles. The zero-order chi connectivity index (χ0) is 15.6. The van der Waals surface area contributed by atoms with Gasteiger partial charge in [-0.05, 0) is 44.4 Å². The topological polar surface area (TPSA) is 49.4 Å². The van der Waals surface area contributed by atoms with Crippen LogP contribution in [0, 0.1) is 19.8 Å². The van der Waals surface area contributed by atoms with Crippen molar-refractivity contribution >= 4 is 17.5 Å². The summed E-state index contributed by atoms with van der Waals surface area (Å²) in [6.45, 7) is 8.55. The third-order valence-electron chi connectivity index (χ3n) is 4.36. The Morgan fingerprint density at radius 3 is 2.81 bits per heavy atom. The maximum Gasteiger partial charge on any atom is 0.227 e. The van der Waals surface area contributed by atoms with Crippen molar-refractivity contribution in [3.05, 3.63) is 29.3 Å². The number of carbonyl (C=O) groups is 2. The molecule has 1 heterocycles. The Labute approximate surface area is 126 Å². The van der Waals surface area contributed by atoms with Crippen LogP contribution in [0.4, 0.5) is 5.69 Å². The Kier molecular flexibility index (Phi) is 4.66. The third-order valence-corrected chi connectivity index (χ3v) is 4.36. The van der Waals surface area contributed by atoms with Crippen molar-refractivity contribution in [2.24, 2.45) is 5.92 Å². The molecule has 1 saturated heterocycles. The summed E-state index contributed by atoms with van der Waals surface area (Å²) in [5.41, 5.74) is 3.19. The predicted molar refractivity (Wildman–Crippen MR) is 84.3 cm³/mol. The van der Waals surface area contributed by atoms with E-state index in [-0.39, 0.29) is 23.8 Å². The Hall–Kier alpha value is -1.84. The van der Waals surface area contributed by atoms with E-state index in [2.05, 4.69) is 5.32 Å². The number of carbonyl (C=O) groups excluding carboxylic acids is 2. The van der Waals surface area contributed by atoms with Gasteiger partial charge in [0, 0.05) is 24.7 Å². The number of anilines is 1. The largest absolute Gasteiger partial charge is 0.353 e. The Morgan fingerprint density at radius 2 is 2.14 bits per heavy atom. The molecule has 1 aromatic rings. The van der Waals surface area contributed by atoms with Crippen molar-refractivity contribution in [3.8, 4) is 0 Å². The van der Waals surface area contributed by atoms with Crippen molar-refractivity contribution in [2.45, 2.75) is 46.6 Å². The lowest BCUT2D eigenvalue weighted by atomic mass is 10.1. The van der Waals surface area contributed by atoms with Crippen LogP contribution in [0.15, 0.2) is 18.2 Å². The SMILES string of the molecule is CCC(C)NC(=O)C1CC(=O)N(c2cccc(C)c2C)C1. The van der Waals surface area contributed by atoms with Crippen molar-refractivity contribution in [1.29, 1.82) is 0 Å². The second-order valence-electron chi connectivity index (χ2n) is 5.94. The summed E-state index contributed by atoms with van der Waals surface area (Å²) in [6, 6.07) is 6.10. The van der Waals surface area contributed by atoms with Crippen LogP contribution >= 0.6 is 0 Å². The van der Waals surface area contributed by atoms with Crippen LogP contribution in [-0.4, -0.2) is 24.4 Å². The second-order valence-corrected chi connectivity index (χ2v) is 5.94. The van der Waals surface area contributed by atoms with Crippen molar-refractivity contribution in [2.75, 3.05) is 11.4 Å². The molecule has 2 atom stereocenters. The molecule has 0 aliphatic carbocycles. The first-order valence-electron chi connectivity index (χ1n) is 7.61. The van der Waals surface area contributed by atoms with E-state index in [0.717, 1.165) is 23.2 Å². The number of nitrogens with one attached hydrogen (secondary N) is 1. The van der Waals surface area contributed by atoms with E-state index in [0.29, 0.717) is 13.0 Å². The first-order chi connectivity index (χ1) is 9.93. The van der Waals surface area contributed by atoms with E-state index >= 15 is 0 Å².